The van der Waals surface area contributed by atoms with Crippen LogP contribution in [0, 0.1) is 0 Å². The van der Waals surface area contributed by atoms with Gasteiger partial charge in [-0.3, -0.25) is 9.89 Å². The largest absolute Gasteiger partial charge is 0.310 e. The van der Waals surface area contributed by atoms with Crippen LogP contribution in [-0.2, 0) is 0 Å². The fourth-order valence-electron chi connectivity index (χ4n) is 1.76. The number of anilines is 1. The molecule has 0 unspecified atom stereocenters. The Morgan fingerprint density at radius 2 is 1.89 bits per heavy atom. The number of hydrogen-bond acceptors (Lipinski definition) is 2. The molecule has 0 fully saturated rings. The molecule has 4 nitrogen and oxygen atoms in total. The number of nitrogens with one attached hydrogen (secondary N) is 1. The number of carbonyl (C=O) groups is 1. The highest BCUT2D eigenvalue weighted by molar-refractivity contribution is 6.04. The lowest BCUT2D eigenvalue weighted by Crippen LogP contribution is -2.26. The molecule has 0 aliphatic rings. The molecule has 0 bridgehead atoms. The highest BCUT2D eigenvalue weighted by atomic mass is 16.2. The monoisotopic (exact) mass is 243 g/mol. The SMILES string of the molecule is CC(C)c1ccc(N(C)C(=O)c2ccn[nH]2)cc1. The Morgan fingerprint density at radius 1 is 1.22 bits per heavy atom. The molecule has 18 heavy (non-hydrogen) atoms. The summed E-state index contributed by atoms with van der Waals surface area (Å²) in [7, 11) is 1.76. The van der Waals surface area contributed by atoms with Gasteiger partial charge < -0.3 is 4.90 Å². The molecule has 0 spiro atoms. The smallest absolute Gasteiger partial charge is 0.276 e. The first-order chi connectivity index (χ1) is 8.59. The zero-order valence-electron chi connectivity index (χ0n) is 10.8. The molecule has 0 saturated carbocycles. The van der Waals surface area contributed by atoms with Crippen molar-refractivity contribution < 1.29 is 4.79 Å². The Bertz CT molecular complexity index is 514. The van der Waals surface area contributed by atoms with Crippen molar-refractivity contribution in [3.8, 4) is 0 Å². The van der Waals surface area contributed by atoms with Crippen molar-refractivity contribution in [1.82, 2.24) is 10.2 Å². The van der Waals surface area contributed by atoms with E-state index in [9.17, 15) is 4.79 Å². The van der Waals surface area contributed by atoms with Crippen LogP contribution in [0.2, 0.25) is 0 Å². The molecule has 94 valence electrons. The molecule has 1 N–H and O–H groups in total. The Balaban J connectivity index is 2.18. The van der Waals surface area contributed by atoms with Crippen LogP contribution in [0.5, 0.6) is 0 Å². The van der Waals surface area contributed by atoms with E-state index in [1.54, 1.807) is 24.2 Å². The van der Waals surface area contributed by atoms with Crippen LogP contribution in [-0.4, -0.2) is 23.2 Å². The van der Waals surface area contributed by atoms with Crippen molar-refractivity contribution in [1.29, 1.82) is 0 Å². The van der Waals surface area contributed by atoms with E-state index in [1.807, 2.05) is 12.1 Å². The molecule has 0 radical (unpaired) electrons. The predicted molar refractivity (Wildman–Crippen MR) is 71.9 cm³/mol. The second-order valence-electron chi connectivity index (χ2n) is 4.58. The second kappa shape index (κ2) is 5.04. The van der Waals surface area contributed by atoms with E-state index in [-0.39, 0.29) is 5.91 Å². The van der Waals surface area contributed by atoms with E-state index in [1.165, 1.54) is 5.56 Å². The number of nitrogens with zero attached hydrogens (tertiary/aromatic N) is 2. The van der Waals surface area contributed by atoms with Gasteiger partial charge in [0, 0.05) is 18.9 Å². The van der Waals surface area contributed by atoms with E-state index in [2.05, 4.69) is 36.2 Å². The fourth-order valence-corrected chi connectivity index (χ4v) is 1.76. The molecule has 4 heteroatoms. The second-order valence-corrected chi connectivity index (χ2v) is 4.58. The lowest BCUT2D eigenvalue weighted by molar-refractivity contribution is 0.0988. The third kappa shape index (κ3) is 2.42. The maximum absolute atomic E-state index is 12.1. The lowest BCUT2D eigenvalue weighted by atomic mass is 10.0. The van der Waals surface area contributed by atoms with Crippen molar-refractivity contribution >= 4 is 11.6 Å². The summed E-state index contributed by atoms with van der Waals surface area (Å²) in [4.78, 5) is 13.7. The van der Waals surface area contributed by atoms with Crippen LogP contribution in [0.4, 0.5) is 5.69 Å². The number of aromatic nitrogens is 2. The van der Waals surface area contributed by atoms with Gasteiger partial charge in [0.1, 0.15) is 5.69 Å². The third-order valence-corrected chi connectivity index (χ3v) is 2.98. The Hall–Kier alpha value is -2.10. The Morgan fingerprint density at radius 3 is 2.39 bits per heavy atom. The molecule has 1 aromatic carbocycles. The van der Waals surface area contributed by atoms with Crippen LogP contribution < -0.4 is 4.90 Å². The molecule has 0 aliphatic heterocycles. The summed E-state index contributed by atoms with van der Waals surface area (Å²) in [5.41, 5.74) is 2.63. The predicted octanol–water partition coefficient (Wildman–Crippen LogP) is 2.81. The minimum absolute atomic E-state index is 0.0928. The molecule has 2 rings (SSSR count). The lowest BCUT2D eigenvalue weighted by Gasteiger charge is -2.17. The molecular formula is C14H17N3O. The highest BCUT2D eigenvalue weighted by Gasteiger charge is 2.14. The first-order valence-corrected chi connectivity index (χ1v) is 5.97. The van der Waals surface area contributed by atoms with Gasteiger partial charge in [0.2, 0.25) is 0 Å². The number of H-pyrrole nitrogens is 1. The third-order valence-electron chi connectivity index (χ3n) is 2.98. The summed E-state index contributed by atoms with van der Waals surface area (Å²) in [5, 5.41) is 6.46. The number of amides is 1. The molecule has 1 aromatic heterocycles. The van der Waals surface area contributed by atoms with Gasteiger partial charge in [0.25, 0.3) is 5.91 Å². The Labute approximate surface area is 107 Å². The van der Waals surface area contributed by atoms with E-state index >= 15 is 0 Å². The highest BCUT2D eigenvalue weighted by Crippen LogP contribution is 2.20. The quantitative estimate of drug-likeness (QED) is 0.901. The van der Waals surface area contributed by atoms with Crippen molar-refractivity contribution in [2.45, 2.75) is 19.8 Å². The normalized spacial score (nSPS) is 10.7. The van der Waals surface area contributed by atoms with Gasteiger partial charge >= 0.3 is 0 Å². The van der Waals surface area contributed by atoms with Gasteiger partial charge in [0.05, 0.1) is 0 Å². The van der Waals surface area contributed by atoms with E-state index in [0.717, 1.165) is 5.69 Å². The average Bonchev–Trinajstić information content (AvgIpc) is 2.91. The summed E-state index contributed by atoms with van der Waals surface area (Å²) in [6.45, 7) is 4.29. The molecule has 1 amide bonds. The number of carbonyl (C=O) groups excluding carboxylic acids is 1. The molecule has 2 aromatic rings. The van der Waals surface area contributed by atoms with Crippen molar-refractivity contribution in [3.05, 3.63) is 47.8 Å². The van der Waals surface area contributed by atoms with Crippen LogP contribution >= 0.6 is 0 Å². The molecule has 0 aliphatic carbocycles. The summed E-state index contributed by atoms with van der Waals surface area (Å²) < 4.78 is 0. The molecular weight excluding hydrogens is 226 g/mol. The van der Waals surface area contributed by atoms with Crippen LogP contribution in [0.15, 0.2) is 36.5 Å². The fraction of sp³-hybridized carbons (Fsp3) is 0.286. The average molecular weight is 243 g/mol. The van der Waals surface area contributed by atoms with Crippen LogP contribution in [0.3, 0.4) is 0 Å². The summed E-state index contributed by atoms with van der Waals surface area (Å²) in [5.74, 6) is 0.400. The van der Waals surface area contributed by atoms with Gasteiger partial charge in [-0.15, -0.1) is 0 Å². The van der Waals surface area contributed by atoms with Crippen LogP contribution in [0.1, 0.15) is 35.8 Å². The standard InChI is InChI=1S/C14H17N3O/c1-10(2)11-4-6-12(7-5-11)17(3)14(18)13-8-9-15-16-13/h4-10H,1-3H3,(H,15,16). The Kier molecular flexibility index (Phi) is 3.46. The van der Waals surface area contributed by atoms with Gasteiger partial charge in [0.15, 0.2) is 0 Å². The maximum atomic E-state index is 12.1. The molecule has 1 heterocycles. The number of aromatic amines is 1. The van der Waals surface area contributed by atoms with Gasteiger partial charge in [-0.1, -0.05) is 26.0 Å². The van der Waals surface area contributed by atoms with Gasteiger partial charge in [-0.2, -0.15) is 5.10 Å². The summed E-state index contributed by atoms with van der Waals surface area (Å²) in [6, 6.07) is 9.70. The minimum Gasteiger partial charge on any atom is -0.310 e. The van der Waals surface area contributed by atoms with E-state index in [4.69, 9.17) is 0 Å². The van der Waals surface area contributed by atoms with Crippen molar-refractivity contribution in [2.75, 3.05) is 11.9 Å². The summed E-state index contributed by atoms with van der Waals surface area (Å²) in [6.07, 6.45) is 1.57. The van der Waals surface area contributed by atoms with Crippen LogP contribution in [0.25, 0.3) is 0 Å². The number of benzene rings is 1. The first kappa shape index (κ1) is 12.4. The topological polar surface area (TPSA) is 49.0 Å². The zero-order valence-corrected chi connectivity index (χ0v) is 10.8. The van der Waals surface area contributed by atoms with Crippen molar-refractivity contribution in [2.24, 2.45) is 0 Å². The van der Waals surface area contributed by atoms with Crippen molar-refractivity contribution in [3.63, 3.8) is 0 Å². The number of rotatable bonds is 3. The van der Waals surface area contributed by atoms with E-state index < -0.39 is 0 Å². The van der Waals surface area contributed by atoms with Gasteiger partial charge in [-0.05, 0) is 29.7 Å². The first-order valence-electron chi connectivity index (χ1n) is 5.97. The maximum Gasteiger partial charge on any atom is 0.276 e. The molecule has 0 saturated heterocycles. The van der Waals surface area contributed by atoms with E-state index in [0.29, 0.717) is 11.6 Å². The zero-order chi connectivity index (χ0) is 13.1. The number of hydrogen-bond donors (Lipinski definition) is 1. The summed E-state index contributed by atoms with van der Waals surface area (Å²) >= 11 is 0. The van der Waals surface area contributed by atoms with Gasteiger partial charge in [-0.25, -0.2) is 0 Å². The molecule has 0 atom stereocenters. The minimum atomic E-state index is -0.0928.